The van der Waals surface area contributed by atoms with Crippen molar-refractivity contribution in [1.82, 2.24) is 0 Å². The van der Waals surface area contributed by atoms with Crippen LogP contribution >= 0.6 is 45.2 Å². The number of allylic oxidation sites excluding steroid dienone is 4. The van der Waals surface area contributed by atoms with Gasteiger partial charge in [0.2, 0.25) is 0 Å². The maximum absolute atomic E-state index is 2.69. The first-order valence-corrected chi connectivity index (χ1v) is 21.9. The van der Waals surface area contributed by atoms with Crippen molar-refractivity contribution in [2.24, 2.45) is 0 Å². The van der Waals surface area contributed by atoms with Gasteiger partial charge in [-0.3, -0.25) is 0 Å². The van der Waals surface area contributed by atoms with E-state index in [0.29, 0.717) is 7.25 Å². The standard InChI is InChI=1S/C23H29.C13H8I2.C5H5.Zr/c1-14-9-16-11-17-10-15(2)21(23(6,7)8)13-19(17)18(16)12-20(14)22(3,4)5;14-12-5-1-10(2-6-12)9-11-3-7-13(15)8-4-11;1-2-4-5-3-1;/h9-13H,1-8H3;1-8H;1-5H;. The van der Waals surface area contributed by atoms with Crippen LogP contribution in [0.4, 0.5) is 0 Å². The molecule has 0 unspecified atom stereocenters. The number of halogens is 2. The van der Waals surface area contributed by atoms with E-state index in [1.54, 1.807) is 14.3 Å². The summed E-state index contributed by atoms with van der Waals surface area (Å²) in [5.41, 5.74) is 14.8. The van der Waals surface area contributed by atoms with Gasteiger partial charge in [0.05, 0.1) is 0 Å². The molecule has 0 radical (unpaired) electrons. The number of hydrogen-bond donors (Lipinski definition) is 0. The molecule has 224 valence electrons. The normalized spacial score (nSPS) is 14.7. The third-order valence-electron chi connectivity index (χ3n) is 9.29. The fourth-order valence-electron chi connectivity index (χ4n) is 7.40. The van der Waals surface area contributed by atoms with Gasteiger partial charge in [0, 0.05) is 0 Å². The van der Waals surface area contributed by atoms with Crippen molar-refractivity contribution in [1.29, 1.82) is 0 Å². The van der Waals surface area contributed by atoms with Crippen LogP contribution in [0.15, 0.2) is 97.1 Å². The molecule has 6 rings (SSSR count). The SMILES string of the molecule is Cc1cc2c(cc1C(C)(C)C)-c1cc(C(C)(C)C)c(C)cc1[CH]2[Zr](=[C](c1ccc(I)cc1)c1ccc(I)cc1)[CH]1C=CC=C1. The van der Waals surface area contributed by atoms with Crippen molar-refractivity contribution in [2.75, 3.05) is 0 Å². The molecule has 0 fully saturated rings. The maximum atomic E-state index is 2.59. The van der Waals surface area contributed by atoms with Gasteiger partial charge in [0.15, 0.2) is 0 Å². The monoisotopic (exact) mass is 878 g/mol. The summed E-state index contributed by atoms with van der Waals surface area (Å²) < 4.78 is 5.10. The molecule has 2 aliphatic rings. The Morgan fingerprint density at radius 1 is 0.591 bits per heavy atom. The zero-order valence-electron chi connectivity index (χ0n) is 27.1. The summed E-state index contributed by atoms with van der Waals surface area (Å²) in [6.45, 7) is 18.8. The first-order valence-electron chi connectivity index (χ1n) is 15.7. The molecule has 0 saturated heterocycles. The van der Waals surface area contributed by atoms with Gasteiger partial charge < -0.3 is 0 Å². The van der Waals surface area contributed by atoms with Gasteiger partial charge in [0.25, 0.3) is 0 Å². The van der Waals surface area contributed by atoms with Gasteiger partial charge in [-0.2, -0.15) is 0 Å². The Labute approximate surface area is 299 Å². The van der Waals surface area contributed by atoms with Gasteiger partial charge in [-0.1, -0.05) is 0 Å². The zero-order valence-corrected chi connectivity index (χ0v) is 33.9. The van der Waals surface area contributed by atoms with Crippen LogP contribution in [0.3, 0.4) is 0 Å². The summed E-state index contributed by atoms with van der Waals surface area (Å²) in [4.78, 5) is 0. The van der Waals surface area contributed by atoms with Gasteiger partial charge >= 0.3 is 303 Å². The van der Waals surface area contributed by atoms with Gasteiger partial charge in [-0.25, -0.2) is 0 Å². The van der Waals surface area contributed by atoms with E-state index in [1.807, 2.05) is 0 Å². The molecule has 0 nitrogen and oxygen atoms in total. The van der Waals surface area contributed by atoms with Crippen LogP contribution in [0.25, 0.3) is 11.1 Å². The molecule has 44 heavy (non-hydrogen) atoms. The van der Waals surface area contributed by atoms with Crippen LogP contribution in [0, 0.1) is 21.0 Å². The fraction of sp³-hybridized carbons (Fsp3) is 0.293. The summed E-state index contributed by atoms with van der Waals surface area (Å²) in [5, 5.41) is 0. The number of aryl methyl sites for hydroxylation is 2. The Hall–Kier alpha value is -1.43. The topological polar surface area (TPSA) is 0 Å². The van der Waals surface area contributed by atoms with E-state index in [1.165, 1.54) is 51.6 Å². The molecule has 0 saturated carbocycles. The quantitative estimate of drug-likeness (QED) is 0.179. The number of benzene rings is 4. The van der Waals surface area contributed by atoms with Crippen molar-refractivity contribution in [3.05, 3.63) is 149 Å². The van der Waals surface area contributed by atoms with Crippen LogP contribution in [-0.4, -0.2) is 3.21 Å². The van der Waals surface area contributed by atoms with Crippen LogP contribution in [0.5, 0.6) is 0 Å². The van der Waals surface area contributed by atoms with Gasteiger partial charge in [0.1, 0.15) is 0 Å². The van der Waals surface area contributed by atoms with E-state index in [-0.39, 0.29) is 10.8 Å². The summed E-state index contributed by atoms with van der Waals surface area (Å²) in [7, 11) is 0. The second kappa shape index (κ2) is 12.3. The van der Waals surface area contributed by atoms with Crippen molar-refractivity contribution in [3.8, 4) is 11.1 Å². The van der Waals surface area contributed by atoms with Crippen molar-refractivity contribution >= 4 is 48.4 Å². The number of fused-ring (bicyclic) bond motifs is 3. The van der Waals surface area contributed by atoms with Crippen LogP contribution in [0.2, 0.25) is 3.63 Å². The molecule has 4 aromatic carbocycles. The molecule has 0 aromatic heterocycles. The first-order chi connectivity index (χ1) is 20.7. The summed E-state index contributed by atoms with van der Waals surface area (Å²) in [5.74, 6) is 0. The molecule has 0 bridgehead atoms. The molecular weight excluding hydrogens is 837 g/mol. The molecule has 4 aromatic rings. The van der Waals surface area contributed by atoms with E-state index in [4.69, 9.17) is 0 Å². The summed E-state index contributed by atoms with van der Waals surface area (Å²) in [6, 6.07) is 29.0. The predicted molar refractivity (Wildman–Crippen MR) is 204 cm³/mol. The molecular formula is C41H42I2Zr. The Balaban J connectivity index is 1.76. The van der Waals surface area contributed by atoms with Gasteiger partial charge in [-0.15, -0.1) is 0 Å². The summed E-state index contributed by atoms with van der Waals surface area (Å²) in [6.07, 6.45) is 9.62. The second-order valence-electron chi connectivity index (χ2n) is 14.6. The second-order valence-corrected chi connectivity index (χ2v) is 23.6. The minimum atomic E-state index is -2.69. The molecule has 2 aliphatic carbocycles. The first kappa shape index (κ1) is 32.5. The Bertz CT molecular complexity index is 1710. The minimum absolute atomic E-state index is 0.0904. The van der Waals surface area contributed by atoms with Crippen LogP contribution in [-0.2, 0) is 32.1 Å². The molecule has 0 spiro atoms. The van der Waals surface area contributed by atoms with Gasteiger partial charge in [-0.05, 0) is 0 Å². The fourth-order valence-corrected chi connectivity index (χ4v) is 17.4. The molecule has 0 heterocycles. The zero-order chi connectivity index (χ0) is 31.6. The summed E-state index contributed by atoms with van der Waals surface area (Å²) >= 11 is 2.20. The average molecular weight is 880 g/mol. The number of rotatable bonds is 4. The van der Waals surface area contributed by atoms with E-state index >= 15 is 0 Å². The Morgan fingerprint density at radius 3 is 1.34 bits per heavy atom. The van der Waals surface area contributed by atoms with Crippen LogP contribution < -0.4 is 0 Å². The van der Waals surface area contributed by atoms with Crippen molar-refractivity contribution in [3.63, 3.8) is 0 Å². The van der Waals surface area contributed by atoms with E-state index in [0.717, 1.165) is 0 Å². The Morgan fingerprint density at radius 2 is 0.977 bits per heavy atom. The predicted octanol–water partition coefficient (Wildman–Crippen LogP) is 12.0. The third-order valence-corrected chi connectivity index (χ3v) is 19.3. The van der Waals surface area contributed by atoms with E-state index in [9.17, 15) is 0 Å². The molecule has 0 atom stereocenters. The number of hydrogen-bond acceptors (Lipinski definition) is 0. The van der Waals surface area contributed by atoms with Crippen LogP contribution in [0.1, 0.15) is 89.7 Å². The molecule has 0 amide bonds. The van der Waals surface area contributed by atoms with E-state index in [2.05, 4.69) is 198 Å². The van der Waals surface area contributed by atoms with Crippen molar-refractivity contribution < 1.29 is 21.3 Å². The van der Waals surface area contributed by atoms with E-state index < -0.39 is 21.3 Å². The third kappa shape index (κ3) is 6.16. The van der Waals surface area contributed by atoms with Crippen molar-refractivity contribution in [2.45, 2.75) is 73.5 Å². The molecule has 0 aliphatic heterocycles. The Kier molecular flexibility index (Phi) is 9.09. The average Bonchev–Trinajstić information content (AvgIpc) is 3.57. The molecule has 3 heteroatoms. The molecule has 0 N–H and O–H groups in total.